The second-order valence-electron chi connectivity index (χ2n) is 5.54. The van der Waals surface area contributed by atoms with Gasteiger partial charge >= 0.3 is 0 Å². The van der Waals surface area contributed by atoms with Gasteiger partial charge in [-0.1, -0.05) is 39.8 Å². The van der Waals surface area contributed by atoms with Gasteiger partial charge in [-0.05, 0) is 29.5 Å². The number of phenols is 1. The molecule has 90 valence electrons. The van der Waals surface area contributed by atoms with Crippen LogP contribution in [0.4, 0.5) is 0 Å². The van der Waals surface area contributed by atoms with Gasteiger partial charge < -0.3 is 10.4 Å². The van der Waals surface area contributed by atoms with Gasteiger partial charge in [0.15, 0.2) is 0 Å². The van der Waals surface area contributed by atoms with E-state index in [0.29, 0.717) is 11.8 Å². The predicted molar refractivity (Wildman–Crippen MR) is 68.7 cm³/mol. The first-order valence-electron chi connectivity index (χ1n) is 5.90. The summed E-state index contributed by atoms with van der Waals surface area (Å²) in [6.07, 6.45) is 1.02. The van der Waals surface area contributed by atoms with E-state index < -0.39 is 0 Å². The van der Waals surface area contributed by atoms with Crippen LogP contribution in [0.25, 0.3) is 0 Å². The maximum atomic E-state index is 9.22. The number of rotatable bonds is 5. The molecule has 2 N–H and O–H groups in total. The van der Waals surface area contributed by atoms with Crippen molar-refractivity contribution in [1.82, 2.24) is 5.32 Å². The minimum Gasteiger partial charge on any atom is -0.508 e. The fourth-order valence-electron chi connectivity index (χ4n) is 1.71. The smallest absolute Gasteiger partial charge is 0.115 e. The van der Waals surface area contributed by atoms with E-state index >= 15 is 0 Å². The van der Waals surface area contributed by atoms with Crippen LogP contribution in [0.15, 0.2) is 24.3 Å². The summed E-state index contributed by atoms with van der Waals surface area (Å²) in [6.45, 7) is 9.85. The minimum atomic E-state index is 0.237. The molecule has 0 aromatic heterocycles. The lowest BCUT2D eigenvalue weighted by atomic mass is 9.85. The van der Waals surface area contributed by atoms with Gasteiger partial charge in [-0.25, -0.2) is 0 Å². The molecule has 0 spiro atoms. The van der Waals surface area contributed by atoms with E-state index in [1.54, 1.807) is 12.1 Å². The molecule has 0 unspecified atom stereocenters. The van der Waals surface area contributed by atoms with Crippen LogP contribution in [-0.4, -0.2) is 17.7 Å². The Hall–Kier alpha value is -1.02. The molecule has 0 aliphatic rings. The van der Waals surface area contributed by atoms with Gasteiger partial charge in [0.2, 0.25) is 0 Å². The molecule has 2 heteroatoms. The highest BCUT2D eigenvalue weighted by molar-refractivity contribution is 5.26. The molecule has 16 heavy (non-hydrogen) atoms. The number of nitrogens with one attached hydrogen (secondary N) is 1. The van der Waals surface area contributed by atoms with Gasteiger partial charge in [0.05, 0.1) is 0 Å². The molecule has 1 aromatic carbocycles. The number of aromatic hydroxyl groups is 1. The first-order chi connectivity index (χ1) is 7.39. The number of hydrogen-bond donors (Lipinski definition) is 2. The molecule has 0 bridgehead atoms. The summed E-state index contributed by atoms with van der Waals surface area (Å²) in [5.41, 5.74) is 1.51. The largest absolute Gasteiger partial charge is 0.508 e. The third kappa shape index (κ3) is 4.67. The van der Waals surface area contributed by atoms with Gasteiger partial charge in [0.25, 0.3) is 0 Å². The fourth-order valence-corrected chi connectivity index (χ4v) is 1.71. The second kappa shape index (κ2) is 5.35. The van der Waals surface area contributed by atoms with E-state index in [4.69, 9.17) is 0 Å². The van der Waals surface area contributed by atoms with Crippen molar-refractivity contribution in [3.05, 3.63) is 29.8 Å². The Morgan fingerprint density at radius 3 is 2.25 bits per heavy atom. The average molecular weight is 221 g/mol. The third-order valence-electron chi connectivity index (χ3n) is 2.61. The van der Waals surface area contributed by atoms with Crippen molar-refractivity contribution in [2.75, 3.05) is 6.54 Å². The molecule has 0 heterocycles. The molecule has 0 amide bonds. The zero-order chi connectivity index (χ0) is 12.2. The van der Waals surface area contributed by atoms with Crippen molar-refractivity contribution < 1.29 is 5.11 Å². The summed E-state index contributed by atoms with van der Waals surface area (Å²) >= 11 is 0. The highest BCUT2D eigenvalue weighted by Gasteiger charge is 2.18. The summed E-state index contributed by atoms with van der Waals surface area (Å²) < 4.78 is 0. The SMILES string of the molecule is CC(C)NCC(C)(C)Cc1ccc(O)cc1. The van der Waals surface area contributed by atoms with Crippen LogP contribution in [0.5, 0.6) is 5.75 Å². The van der Waals surface area contributed by atoms with E-state index in [-0.39, 0.29) is 5.41 Å². The van der Waals surface area contributed by atoms with Crippen LogP contribution in [0.2, 0.25) is 0 Å². The Labute approximate surface area is 98.7 Å². The molecule has 2 nitrogen and oxygen atoms in total. The number of phenolic OH excluding ortho intramolecular Hbond substituents is 1. The fraction of sp³-hybridized carbons (Fsp3) is 0.571. The Morgan fingerprint density at radius 1 is 1.19 bits per heavy atom. The van der Waals surface area contributed by atoms with E-state index in [1.165, 1.54) is 5.56 Å². The first-order valence-corrected chi connectivity index (χ1v) is 5.90. The summed E-state index contributed by atoms with van der Waals surface area (Å²) in [5, 5.41) is 12.7. The van der Waals surface area contributed by atoms with E-state index in [9.17, 15) is 5.11 Å². The first kappa shape index (κ1) is 13.0. The van der Waals surface area contributed by atoms with Crippen LogP contribution < -0.4 is 5.32 Å². The van der Waals surface area contributed by atoms with E-state index in [0.717, 1.165) is 13.0 Å². The number of hydrogen-bond acceptors (Lipinski definition) is 2. The van der Waals surface area contributed by atoms with Crippen molar-refractivity contribution in [2.45, 2.75) is 40.2 Å². The highest BCUT2D eigenvalue weighted by atomic mass is 16.3. The Bertz CT molecular complexity index is 314. The van der Waals surface area contributed by atoms with Crippen molar-refractivity contribution in [3.63, 3.8) is 0 Å². The van der Waals surface area contributed by atoms with Crippen molar-refractivity contribution in [1.29, 1.82) is 0 Å². The average Bonchev–Trinajstić information content (AvgIpc) is 2.19. The van der Waals surface area contributed by atoms with Crippen LogP contribution >= 0.6 is 0 Å². The molecule has 1 aromatic rings. The van der Waals surface area contributed by atoms with Crippen molar-refractivity contribution >= 4 is 0 Å². The lowest BCUT2D eigenvalue weighted by molar-refractivity contribution is 0.325. The number of benzene rings is 1. The lowest BCUT2D eigenvalue weighted by Crippen LogP contribution is -2.35. The summed E-state index contributed by atoms with van der Waals surface area (Å²) in [4.78, 5) is 0. The minimum absolute atomic E-state index is 0.237. The van der Waals surface area contributed by atoms with E-state index in [1.807, 2.05) is 12.1 Å². The molecule has 0 atom stereocenters. The quantitative estimate of drug-likeness (QED) is 0.801. The normalized spacial score (nSPS) is 12.1. The standard InChI is InChI=1S/C14H23NO/c1-11(2)15-10-14(3,4)9-12-5-7-13(16)8-6-12/h5-8,11,15-16H,9-10H2,1-4H3. The molecular formula is C14H23NO. The van der Waals surface area contributed by atoms with Crippen LogP contribution in [0.1, 0.15) is 33.3 Å². The second-order valence-corrected chi connectivity index (χ2v) is 5.54. The highest BCUT2D eigenvalue weighted by Crippen LogP contribution is 2.22. The van der Waals surface area contributed by atoms with Crippen molar-refractivity contribution in [2.24, 2.45) is 5.41 Å². The predicted octanol–water partition coefficient (Wildman–Crippen LogP) is 2.96. The Balaban J connectivity index is 2.54. The lowest BCUT2D eigenvalue weighted by Gasteiger charge is -2.26. The molecule has 1 rings (SSSR count). The Kier molecular flexibility index (Phi) is 4.36. The molecule has 0 aliphatic heterocycles. The molecule has 0 aliphatic carbocycles. The van der Waals surface area contributed by atoms with Gasteiger partial charge in [0.1, 0.15) is 5.75 Å². The monoisotopic (exact) mass is 221 g/mol. The molecule has 0 saturated heterocycles. The third-order valence-corrected chi connectivity index (χ3v) is 2.61. The topological polar surface area (TPSA) is 32.3 Å². The zero-order valence-corrected chi connectivity index (χ0v) is 10.7. The summed E-state index contributed by atoms with van der Waals surface area (Å²) in [7, 11) is 0. The van der Waals surface area contributed by atoms with Crippen molar-refractivity contribution in [3.8, 4) is 5.75 Å². The maximum Gasteiger partial charge on any atom is 0.115 e. The Morgan fingerprint density at radius 2 is 1.75 bits per heavy atom. The molecule has 0 saturated carbocycles. The van der Waals surface area contributed by atoms with Crippen LogP contribution in [0.3, 0.4) is 0 Å². The maximum absolute atomic E-state index is 9.22. The molecular weight excluding hydrogens is 198 g/mol. The van der Waals surface area contributed by atoms with E-state index in [2.05, 4.69) is 33.0 Å². The van der Waals surface area contributed by atoms with Gasteiger partial charge in [-0.2, -0.15) is 0 Å². The van der Waals surface area contributed by atoms with Gasteiger partial charge in [-0.3, -0.25) is 0 Å². The van der Waals surface area contributed by atoms with Gasteiger partial charge in [0, 0.05) is 12.6 Å². The summed E-state index contributed by atoms with van der Waals surface area (Å²) in [5.74, 6) is 0.335. The van der Waals surface area contributed by atoms with Crippen LogP contribution in [-0.2, 0) is 6.42 Å². The molecule has 0 radical (unpaired) electrons. The molecule has 0 fully saturated rings. The zero-order valence-electron chi connectivity index (χ0n) is 10.7. The van der Waals surface area contributed by atoms with Crippen LogP contribution in [0, 0.1) is 5.41 Å². The van der Waals surface area contributed by atoms with Gasteiger partial charge in [-0.15, -0.1) is 0 Å². The summed E-state index contributed by atoms with van der Waals surface area (Å²) in [6, 6.07) is 8.01.